The number of hydrogen-bond donors (Lipinski definition) is 2. The number of rotatable bonds is 3. The van der Waals surface area contributed by atoms with E-state index < -0.39 is 12.7 Å². The molecule has 0 saturated heterocycles. The Morgan fingerprint density at radius 2 is 2.08 bits per heavy atom. The van der Waals surface area contributed by atoms with Crippen LogP contribution in [0.2, 0.25) is 5.02 Å². The molecular weight excluding hydrogens is 362 g/mol. The molecule has 26 heavy (non-hydrogen) atoms. The van der Waals surface area contributed by atoms with Crippen LogP contribution in [-0.4, -0.2) is 26.1 Å². The van der Waals surface area contributed by atoms with E-state index in [0.717, 1.165) is 11.1 Å². The maximum absolute atomic E-state index is 13.1. The van der Waals surface area contributed by atoms with E-state index in [9.17, 15) is 13.9 Å². The van der Waals surface area contributed by atoms with Gasteiger partial charge in [-0.25, -0.2) is 13.8 Å². The average Bonchev–Trinajstić information content (AvgIpc) is 3.14. The summed E-state index contributed by atoms with van der Waals surface area (Å²) < 4.78 is 28.0. The van der Waals surface area contributed by atoms with Gasteiger partial charge in [0.05, 0.1) is 16.4 Å². The highest BCUT2D eigenvalue weighted by Gasteiger charge is 2.25. The molecule has 1 atom stereocenters. The lowest BCUT2D eigenvalue weighted by Crippen LogP contribution is -2.12. The van der Waals surface area contributed by atoms with Crippen LogP contribution in [-0.2, 0) is 6.42 Å². The summed E-state index contributed by atoms with van der Waals surface area (Å²) in [6.45, 7) is 3.92. The number of aromatic nitrogens is 3. The fraction of sp³-hybridized carbons (Fsp3) is 0.333. The topological polar surface area (TPSA) is 63.0 Å². The van der Waals surface area contributed by atoms with Crippen molar-refractivity contribution < 1.29 is 13.9 Å². The highest BCUT2D eigenvalue weighted by Crippen LogP contribution is 2.39. The Bertz CT molecular complexity index is 1000. The molecule has 1 aliphatic rings. The van der Waals surface area contributed by atoms with Crippen LogP contribution in [0.5, 0.6) is 0 Å². The van der Waals surface area contributed by atoms with Gasteiger partial charge in [0.15, 0.2) is 0 Å². The molecule has 0 bridgehead atoms. The number of pyridine rings is 1. The first-order chi connectivity index (χ1) is 12.3. The van der Waals surface area contributed by atoms with E-state index in [2.05, 4.69) is 15.4 Å². The molecule has 0 radical (unpaired) electrons. The Hall–Kier alpha value is -2.25. The van der Waals surface area contributed by atoms with Crippen molar-refractivity contribution in [3.8, 4) is 11.3 Å². The molecule has 1 aromatic carbocycles. The number of fused-ring (bicyclic) bond motifs is 2. The van der Waals surface area contributed by atoms with Crippen molar-refractivity contribution in [1.29, 1.82) is 0 Å². The third-order valence-corrected chi connectivity index (χ3v) is 4.74. The normalized spacial score (nSPS) is 16.5. The Labute approximate surface area is 153 Å². The third-order valence-electron chi connectivity index (χ3n) is 4.45. The maximum atomic E-state index is 13.1. The van der Waals surface area contributed by atoms with Crippen molar-refractivity contribution in [2.45, 2.75) is 39.0 Å². The Morgan fingerprint density at radius 3 is 2.77 bits per heavy atom. The van der Waals surface area contributed by atoms with E-state index in [1.165, 1.54) is 6.07 Å². The highest BCUT2D eigenvalue weighted by molar-refractivity contribution is 6.34. The molecule has 2 N–H and O–H groups in total. The molecule has 3 heterocycles. The van der Waals surface area contributed by atoms with E-state index >= 15 is 0 Å². The molecule has 4 rings (SSSR count). The number of halogens is 3. The average molecular weight is 379 g/mol. The van der Waals surface area contributed by atoms with Gasteiger partial charge < -0.3 is 10.4 Å². The van der Waals surface area contributed by atoms with Crippen LogP contribution in [0.25, 0.3) is 22.3 Å². The van der Waals surface area contributed by atoms with Gasteiger partial charge in [0.25, 0.3) is 6.43 Å². The lowest BCUT2D eigenvalue weighted by atomic mass is 10.0. The van der Waals surface area contributed by atoms with Crippen LogP contribution in [0, 0.1) is 0 Å². The highest BCUT2D eigenvalue weighted by atomic mass is 35.5. The minimum absolute atomic E-state index is 0.00458. The Morgan fingerprint density at radius 1 is 1.31 bits per heavy atom. The molecular formula is C18H17ClF2N4O. The number of anilines is 1. The smallest absolute Gasteiger partial charge is 0.280 e. The molecule has 0 aliphatic carbocycles. The molecule has 5 nitrogen and oxygen atoms in total. The van der Waals surface area contributed by atoms with Gasteiger partial charge in [-0.05, 0) is 43.7 Å². The van der Waals surface area contributed by atoms with Gasteiger partial charge in [-0.1, -0.05) is 11.6 Å². The number of nitrogens with zero attached hydrogens (tertiary/aromatic N) is 3. The molecule has 0 saturated carbocycles. The van der Waals surface area contributed by atoms with Gasteiger partial charge in [-0.3, -0.25) is 4.68 Å². The first-order valence-electron chi connectivity index (χ1n) is 8.30. The largest absolute Gasteiger partial charge is 0.373 e. The van der Waals surface area contributed by atoms with Gasteiger partial charge in [0.1, 0.15) is 23.0 Å². The summed E-state index contributed by atoms with van der Waals surface area (Å²) in [6.07, 6.45) is -2.92. The van der Waals surface area contributed by atoms with Gasteiger partial charge in [-0.15, -0.1) is 0 Å². The van der Waals surface area contributed by atoms with Crippen LogP contribution in [0.15, 0.2) is 24.3 Å². The number of aliphatic hydroxyl groups excluding tert-OH is 1. The van der Waals surface area contributed by atoms with E-state index in [4.69, 9.17) is 11.6 Å². The van der Waals surface area contributed by atoms with Crippen LogP contribution in [0.3, 0.4) is 0 Å². The Kier molecular flexibility index (Phi) is 4.08. The van der Waals surface area contributed by atoms with E-state index in [1.807, 2.05) is 19.9 Å². The van der Waals surface area contributed by atoms with Crippen molar-refractivity contribution in [3.63, 3.8) is 0 Å². The molecule has 3 aromatic rings. The van der Waals surface area contributed by atoms with Crippen molar-refractivity contribution in [1.82, 2.24) is 14.8 Å². The Balaban J connectivity index is 1.98. The number of nitrogens with one attached hydrogen (secondary N) is 1. The SMILES string of the molecule is CC(C)n1nc2ccc(C(F)F)nc2c1-c1cc(Cl)c2c(c1)CC(O)N2. The molecule has 8 heteroatoms. The lowest BCUT2D eigenvalue weighted by molar-refractivity contribution is 0.146. The second kappa shape index (κ2) is 6.17. The van der Waals surface area contributed by atoms with Crippen molar-refractivity contribution in [3.05, 3.63) is 40.5 Å². The predicted octanol–water partition coefficient (Wildman–Crippen LogP) is 4.56. The van der Waals surface area contributed by atoms with Crippen molar-refractivity contribution in [2.24, 2.45) is 0 Å². The standard InChI is InChI=1S/C18H17ClF2N4O/c1-8(2)25-17(16-12(24-25)3-4-13(22-16)18(20)21)10-5-9-7-14(26)23-15(9)11(19)6-10/h3-6,8,14,18,23,26H,7H2,1-2H3. The van der Waals surface area contributed by atoms with E-state index in [-0.39, 0.29) is 11.7 Å². The zero-order valence-corrected chi connectivity index (χ0v) is 14.9. The molecule has 1 unspecified atom stereocenters. The summed E-state index contributed by atoms with van der Waals surface area (Å²) in [5, 5.41) is 17.7. The first-order valence-corrected chi connectivity index (χ1v) is 8.67. The molecule has 0 fully saturated rings. The number of alkyl halides is 2. The summed E-state index contributed by atoms with van der Waals surface area (Å²) in [6, 6.07) is 6.51. The summed E-state index contributed by atoms with van der Waals surface area (Å²) in [5.41, 5.74) is 3.63. The molecule has 2 aromatic heterocycles. The third kappa shape index (κ3) is 2.71. The lowest BCUT2D eigenvalue weighted by Gasteiger charge is -2.13. The molecule has 0 spiro atoms. The van der Waals surface area contributed by atoms with Crippen molar-refractivity contribution in [2.75, 3.05) is 5.32 Å². The summed E-state index contributed by atoms with van der Waals surface area (Å²) >= 11 is 6.38. The second-order valence-corrected chi connectivity index (χ2v) is 7.06. The fourth-order valence-corrected chi connectivity index (χ4v) is 3.60. The maximum Gasteiger partial charge on any atom is 0.280 e. The number of benzene rings is 1. The van der Waals surface area contributed by atoms with E-state index in [0.29, 0.717) is 33.9 Å². The summed E-state index contributed by atoms with van der Waals surface area (Å²) in [4.78, 5) is 4.15. The van der Waals surface area contributed by atoms with Gasteiger partial charge in [0.2, 0.25) is 0 Å². The number of aliphatic hydroxyl groups is 1. The molecule has 136 valence electrons. The van der Waals surface area contributed by atoms with Gasteiger partial charge >= 0.3 is 0 Å². The van der Waals surface area contributed by atoms with Crippen LogP contribution < -0.4 is 5.32 Å². The first kappa shape index (κ1) is 17.2. The van der Waals surface area contributed by atoms with Crippen LogP contribution >= 0.6 is 11.6 Å². The number of hydrogen-bond acceptors (Lipinski definition) is 4. The minimum atomic E-state index is -2.65. The zero-order chi connectivity index (χ0) is 18.6. The predicted molar refractivity (Wildman–Crippen MR) is 96.6 cm³/mol. The summed E-state index contributed by atoms with van der Waals surface area (Å²) in [7, 11) is 0. The monoisotopic (exact) mass is 378 g/mol. The van der Waals surface area contributed by atoms with Gasteiger partial charge in [0, 0.05) is 18.0 Å². The summed E-state index contributed by atoms with van der Waals surface area (Å²) in [5.74, 6) is 0. The van der Waals surface area contributed by atoms with Gasteiger partial charge in [-0.2, -0.15) is 5.10 Å². The molecule has 1 aliphatic heterocycles. The van der Waals surface area contributed by atoms with Crippen molar-refractivity contribution >= 4 is 28.3 Å². The van der Waals surface area contributed by atoms with Crippen LogP contribution in [0.4, 0.5) is 14.5 Å². The quantitative estimate of drug-likeness (QED) is 0.701. The fourth-order valence-electron chi connectivity index (χ4n) is 3.31. The zero-order valence-electron chi connectivity index (χ0n) is 14.2. The second-order valence-electron chi connectivity index (χ2n) is 6.65. The van der Waals surface area contributed by atoms with E-state index in [1.54, 1.807) is 16.8 Å². The molecule has 0 amide bonds. The minimum Gasteiger partial charge on any atom is -0.373 e. The van der Waals surface area contributed by atoms with Crippen LogP contribution in [0.1, 0.15) is 37.6 Å².